The first-order valence-electron chi connectivity index (χ1n) is 4.89. The van der Waals surface area contributed by atoms with E-state index in [0.717, 1.165) is 18.9 Å². The molecule has 0 rings (SSSR count). The molecule has 1 atom stereocenters. The van der Waals surface area contributed by atoms with Crippen molar-refractivity contribution >= 4 is 5.97 Å². The van der Waals surface area contributed by atoms with Crippen LogP contribution in [0.3, 0.4) is 0 Å². The van der Waals surface area contributed by atoms with Crippen LogP contribution < -0.4 is 5.73 Å². The number of ether oxygens (including phenoxy) is 1. The zero-order valence-electron chi connectivity index (χ0n) is 8.75. The average molecular weight is 203 g/mol. The number of hydrogen-bond donors (Lipinski definition) is 1. The van der Waals surface area contributed by atoms with Gasteiger partial charge in [0.2, 0.25) is 0 Å². The van der Waals surface area contributed by atoms with Gasteiger partial charge in [0.1, 0.15) is 6.17 Å². The van der Waals surface area contributed by atoms with Crippen molar-refractivity contribution in [2.24, 2.45) is 5.73 Å². The lowest BCUT2D eigenvalue weighted by molar-refractivity contribution is -0.137. The molecule has 0 aromatic carbocycles. The minimum absolute atomic E-state index is 0.0445. The smallest absolute Gasteiger partial charge is 0.332 e. The molecule has 0 saturated heterocycles. The number of halogens is 1. The van der Waals surface area contributed by atoms with Gasteiger partial charge in [0.05, 0.1) is 12.3 Å². The second-order valence-electron chi connectivity index (χ2n) is 3.01. The van der Waals surface area contributed by atoms with Crippen molar-refractivity contribution in [3.63, 3.8) is 0 Å². The maximum atomic E-state index is 13.2. The van der Waals surface area contributed by atoms with Gasteiger partial charge in [0.15, 0.2) is 0 Å². The van der Waals surface area contributed by atoms with Gasteiger partial charge in [-0.1, -0.05) is 19.8 Å². The SMILES string of the molecule is CCCCC(F)C(N)=CC(=O)OCC. The molecular formula is C10H18FNO2. The van der Waals surface area contributed by atoms with E-state index in [-0.39, 0.29) is 12.3 Å². The topological polar surface area (TPSA) is 52.3 Å². The Morgan fingerprint density at radius 1 is 1.57 bits per heavy atom. The number of esters is 1. The van der Waals surface area contributed by atoms with Crippen molar-refractivity contribution in [2.75, 3.05) is 6.61 Å². The molecule has 0 aliphatic carbocycles. The Hall–Kier alpha value is -1.06. The van der Waals surface area contributed by atoms with Crippen LogP contribution in [0.4, 0.5) is 4.39 Å². The van der Waals surface area contributed by atoms with Gasteiger partial charge in [-0.3, -0.25) is 0 Å². The molecule has 1 unspecified atom stereocenters. The summed E-state index contributed by atoms with van der Waals surface area (Å²) >= 11 is 0. The van der Waals surface area contributed by atoms with Crippen LogP contribution in [-0.2, 0) is 9.53 Å². The molecule has 0 aromatic heterocycles. The van der Waals surface area contributed by atoms with Crippen LogP contribution in [0.25, 0.3) is 0 Å². The largest absolute Gasteiger partial charge is 0.463 e. The fourth-order valence-corrected chi connectivity index (χ4v) is 0.960. The van der Waals surface area contributed by atoms with Gasteiger partial charge in [-0.25, -0.2) is 9.18 Å². The Bertz CT molecular complexity index is 204. The second-order valence-corrected chi connectivity index (χ2v) is 3.01. The van der Waals surface area contributed by atoms with Gasteiger partial charge in [-0.15, -0.1) is 0 Å². The van der Waals surface area contributed by atoms with Crippen LogP contribution in [0.2, 0.25) is 0 Å². The molecule has 82 valence electrons. The van der Waals surface area contributed by atoms with Crippen LogP contribution >= 0.6 is 0 Å². The fourth-order valence-electron chi connectivity index (χ4n) is 0.960. The van der Waals surface area contributed by atoms with Crippen LogP contribution in [0.1, 0.15) is 33.1 Å². The Morgan fingerprint density at radius 2 is 2.21 bits per heavy atom. The van der Waals surface area contributed by atoms with E-state index in [0.29, 0.717) is 6.42 Å². The molecule has 0 aliphatic heterocycles. The van der Waals surface area contributed by atoms with E-state index in [1.807, 2.05) is 6.92 Å². The Morgan fingerprint density at radius 3 is 2.71 bits per heavy atom. The third-order valence-corrected chi connectivity index (χ3v) is 1.74. The summed E-state index contributed by atoms with van der Waals surface area (Å²) in [5, 5.41) is 0. The standard InChI is InChI=1S/C10H18FNO2/c1-3-5-6-8(11)9(12)7-10(13)14-4-2/h7-8H,3-6,12H2,1-2H3. The number of allylic oxidation sites excluding steroid dienone is 1. The molecular weight excluding hydrogens is 185 g/mol. The van der Waals surface area contributed by atoms with Crippen LogP contribution in [0.15, 0.2) is 11.8 Å². The Kier molecular flexibility index (Phi) is 6.80. The molecule has 0 aliphatic rings. The fraction of sp³-hybridized carbons (Fsp3) is 0.700. The zero-order valence-corrected chi connectivity index (χ0v) is 8.75. The minimum Gasteiger partial charge on any atom is -0.463 e. The molecule has 3 nitrogen and oxygen atoms in total. The molecule has 0 radical (unpaired) electrons. The Balaban J connectivity index is 4.01. The van der Waals surface area contributed by atoms with Crippen LogP contribution in [0, 0.1) is 0 Å². The van der Waals surface area contributed by atoms with Crippen molar-refractivity contribution < 1.29 is 13.9 Å². The third kappa shape index (κ3) is 5.56. The van der Waals surface area contributed by atoms with E-state index in [1.54, 1.807) is 6.92 Å². The molecule has 14 heavy (non-hydrogen) atoms. The van der Waals surface area contributed by atoms with E-state index >= 15 is 0 Å². The Labute approximate surface area is 84.1 Å². The molecule has 0 heterocycles. The van der Waals surface area contributed by atoms with Crippen molar-refractivity contribution in [3.05, 3.63) is 11.8 Å². The second kappa shape index (κ2) is 7.35. The van der Waals surface area contributed by atoms with Gasteiger partial charge in [-0.2, -0.15) is 0 Å². The lowest BCUT2D eigenvalue weighted by Crippen LogP contribution is -2.15. The van der Waals surface area contributed by atoms with E-state index in [9.17, 15) is 9.18 Å². The van der Waals surface area contributed by atoms with Gasteiger partial charge in [0.25, 0.3) is 0 Å². The number of hydrogen-bond acceptors (Lipinski definition) is 3. The van der Waals surface area contributed by atoms with E-state index in [4.69, 9.17) is 5.73 Å². The molecule has 0 spiro atoms. The summed E-state index contributed by atoms with van der Waals surface area (Å²) in [6.45, 7) is 3.93. The van der Waals surface area contributed by atoms with Gasteiger partial charge >= 0.3 is 5.97 Å². The molecule has 0 amide bonds. The van der Waals surface area contributed by atoms with Gasteiger partial charge in [0, 0.05) is 6.08 Å². The average Bonchev–Trinajstić information content (AvgIpc) is 2.14. The minimum atomic E-state index is -1.24. The highest BCUT2D eigenvalue weighted by atomic mass is 19.1. The quantitative estimate of drug-likeness (QED) is 0.530. The summed E-state index contributed by atoms with van der Waals surface area (Å²) in [6, 6.07) is 0. The first kappa shape index (κ1) is 12.9. The summed E-state index contributed by atoms with van der Waals surface area (Å²) in [6.07, 6.45) is 1.81. The molecule has 2 N–H and O–H groups in total. The maximum absolute atomic E-state index is 13.2. The van der Waals surface area contributed by atoms with Crippen LogP contribution in [-0.4, -0.2) is 18.7 Å². The van der Waals surface area contributed by atoms with Crippen molar-refractivity contribution in [3.8, 4) is 0 Å². The van der Waals surface area contributed by atoms with Crippen molar-refractivity contribution in [1.82, 2.24) is 0 Å². The lowest BCUT2D eigenvalue weighted by Gasteiger charge is -2.07. The first-order valence-corrected chi connectivity index (χ1v) is 4.89. The first-order chi connectivity index (χ1) is 6.61. The summed E-state index contributed by atoms with van der Waals surface area (Å²) in [5.41, 5.74) is 5.33. The summed E-state index contributed by atoms with van der Waals surface area (Å²) in [4.78, 5) is 10.9. The third-order valence-electron chi connectivity index (χ3n) is 1.74. The van der Waals surface area contributed by atoms with Gasteiger partial charge in [-0.05, 0) is 13.3 Å². The number of rotatable bonds is 6. The summed E-state index contributed by atoms with van der Waals surface area (Å²) < 4.78 is 17.8. The maximum Gasteiger partial charge on any atom is 0.332 e. The highest BCUT2D eigenvalue weighted by Gasteiger charge is 2.10. The predicted molar refractivity (Wildman–Crippen MR) is 53.3 cm³/mol. The number of nitrogens with two attached hydrogens (primary N) is 1. The van der Waals surface area contributed by atoms with Crippen LogP contribution in [0.5, 0.6) is 0 Å². The normalized spacial score (nSPS) is 13.8. The summed E-state index contributed by atoms with van der Waals surface area (Å²) in [5.74, 6) is -0.579. The highest BCUT2D eigenvalue weighted by molar-refractivity contribution is 5.82. The highest BCUT2D eigenvalue weighted by Crippen LogP contribution is 2.10. The number of carbonyl (C=O) groups excluding carboxylic acids is 1. The van der Waals surface area contributed by atoms with Crippen molar-refractivity contribution in [2.45, 2.75) is 39.3 Å². The van der Waals surface area contributed by atoms with E-state index in [1.165, 1.54) is 0 Å². The number of carbonyl (C=O) groups is 1. The summed E-state index contributed by atoms with van der Waals surface area (Å²) in [7, 11) is 0. The number of unbranched alkanes of at least 4 members (excludes halogenated alkanes) is 1. The molecule has 0 bridgehead atoms. The zero-order chi connectivity index (χ0) is 11.0. The number of alkyl halides is 1. The lowest BCUT2D eigenvalue weighted by atomic mass is 10.1. The molecule has 0 fully saturated rings. The van der Waals surface area contributed by atoms with E-state index < -0.39 is 12.1 Å². The monoisotopic (exact) mass is 203 g/mol. The van der Waals surface area contributed by atoms with Gasteiger partial charge < -0.3 is 10.5 Å². The predicted octanol–water partition coefficient (Wildman–Crippen LogP) is 1.92. The molecule has 4 heteroatoms. The molecule has 0 aromatic rings. The van der Waals surface area contributed by atoms with E-state index in [2.05, 4.69) is 4.74 Å². The van der Waals surface area contributed by atoms with Crippen molar-refractivity contribution in [1.29, 1.82) is 0 Å². The molecule has 0 saturated carbocycles.